The molecule has 0 bridgehead atoms. The molecule has 2 fully saturated rings. The predicted molar refractivity (Wildman–Crippen MR) is 93.7 cm³/mol. The molecule has 0 amide bonds. The summed E-state index contributed by atoms with van der Waals surface area (Å²) in [4.78, 5) is 0. The summed E-state index contributed by atoms with van der Waals surface area (Å²) in [5, 5.41) is 19.6. The van der Waals surface area contributed by atoms with Gasteiger partial charge in [-0.15, -0.1) is 0 Å². The Bertz CT molecular complexity index is 737. The Balaban J connectivity index is 1.58. The maximum absolute atomic E-state index is 9.80. The third-order valence-electron chi connectivity index (χ3n) is 5.33. The third kappa shape index (κ3) is 2.75. The van der Waals surface area contributed by atoms with Crippen LogP contribution < -0.4 is 9.47 Å². The monoisotopic (exact) mass is 358 g/mol. The standard InChI is InChI=1S/C20H22O6/c1-23-17-7-11(3-5-15(17)21)19-13-9-26-20(14(13)10-25-19)12-4-6-16(22)18(8-12)24-2/h3-8,13-14,19-22H,9-10H2,1-2H3/t13-,14-,19-,20+/m1/s1. The van der Waals surface area contributed by atoms with E-state index in [4.69, 9.17) is 18.9 Å². The number of benzene rings is 2. The van der Waals surface area contributed by atoms with Crippen LogP contribution in [0.15, 0.2) is 36.4 Å². The van der Waals surface area contributed by atoms with E-state index in [1.807, 2.05) is 24.3 Å². The second-order valence-corrected chi connectivity index (χ2v) is 6.70. The maximum atomic E-state index is 9.80. The fraction of sp³-hybridized carbons (Fsp3) is 0.400. The third-order valence-corrected chi connectivity index (χ3v) is 5.33. The summed E-state index contributed by atoms with van der Waals surface area (Å²) in [5.41, 5.74) is 1.94. The number of methoxy groups -OCH3 is 2. The average molecular weight is 358 g/mol. The number of phenols is 2. The molecular weight excluding hydrogens is 336 g/mol. The zero-order chi connectivity index (χ0) is 18.3. The highest BCUT2D eigenvalue weighted by Crippen LogP contribution is 2.51. The molecule has 2 aromatic rings. The van der Waals surface area contributed by atoms with Crippen molar-refractivity contribution in [2.24, 2.45) is 11.8 Å². The van der Waals surface area contributed by atoms with Gasteiger partial charge in [0.1, 0.15) is 0 Å². The van der Waals surface area contributed by atoms with Gasteiger partial charge in [0.25, 0.3) is 0 Å². The van der Waals surface area contributed by atoms with Gasteiger partial charge in [-0.2, -0.15) is 0 Å². The van der Waals surface area contributed by atoms with Crippen molar-refractivity contribution in [3.63, 3.8) is 0 Å². The lowest BCUT2D eigenvalue weighted by atomic mass is 9.85. The van der Waals surface area contributed by atoms with Gasteiger partial charge in [0.05, 0.1) is 39.6 Å². The Morgan fingerprint density at radius 3 is 1.58 bits per heavy atom. The van der Waals surface area contributed by atoms with Crippen molar-refractivity contribution in [1.82, 2.24) is 0 Å². The van der Waals surface area contributed by atoms with E-state index >= 15 is 0 Å². The van der Waals surface area contributed by atoms with Gasteiger partial charge in [0.2, 0.25) is 0 Å². The molecule has 2 saturated heterocycles. The van der Waals surface area contributed by atoms with Crippen molar-refractivity contribution in [2.45, 2.75) is 12.2 Å². The Hall–Kier alpha value is -2.44. The van der Waals surface area contributed by atoms with Crippen LogP contribution in [-0.2, 0) is 9.47 Å². The van der Waals surface area contributed by atoms with Crippen LogP contribution in [0.25, 0.3) is 0 Å². The van der Waals surface area contributed by atoms with Crippen molar-refractivity contribution in [1.29, 1.82) is 0 Å². The van der Waals surface area contributed by atoms with Crippen molar-refractivity contribution in [3.8, 4) is 23.0 Å². The molecule has 4 rings (SSSR count). The molecular formula is C20H22O6. The van der Waals surface area contributed by atoms with Crippen molar-refractivity contribution in [2.75, 3.05) is 27.4 Å². The van der Waals surface area contributed by atoms with Crippen LogP contribution in [-0.4, -0.2) is 37.6 Å². The van der Waals surface area contributed by atoms with Crippen LogP contribution in [0.3, 0.4) is 0 Å². The average Bonchev–Trinajstić information content (AvgIpc) is 3.25. The van der Waals surface area contributed by atoms with Gasteiger partial charge in [-0.05, 0) is 35.4 Å². The molecule has 0 saturated carbocycles. The number of phenolic OH excluding ortho intramolecular Hbond substituents is 2. The number of ether oxygens (including phenoxy) is 4. The molecule has 0 spiro atoms. The molecule has 6 heteroatoms. The van der Waals surface area contributed by atoms with E-state index in [1.165, 1.54) is 14.2 Å². The van der Waals surface area contributed by atoms with E-state index in [9.17, 15) is 10.2 Å². The molecule has 2 aliphatic rings. The Morgan fingerprint density at radius 2 is 1.19 bits per heavy atom. The molecule has 4 atom stereocenters. The van der Waals surface area contributed by atoms with E-state index in [-0.39, 0.29) is 35.5 Å². The topological polar surface area (TPSA) is 77.4 Å². The van der Waals surface area contributed by atoms with Crippen molar-refractivity contribution in [3.05, 3.63) is 47.5 Å². The number of rotatable bonds is 4. The molecule has 0 aliphatic carbocycles. The number of fused-ring (bicyclic) bond motifs is 1. The second-order valence-electron chi connectivity index (χ2n) is 6.70. The quantitative estimate of drug-likeness (QED) is 0.874. The lowest BCUT2D eigenvalue weighted by Gasteiger charge is -2.18. The highest BCUT2D eigenvalue weighted by molar-refractivity contribution is 5.44. The lowest BCUT2D eigenvalue weighted by molar-refractivity contribution is 0.0191. The van der Waals surface area contributed by atoms with Gasteiger partial charge in [-0.1, -0.05) is 12.1 Å². The van der Waals surface area contributed by atoms with Crippen LogP contribution in [0.5, 0.6) is 23.0 Å². The summed E-state index contributed by atoms with van der Waals surface area (Å²) in [6.07, 6.45) is -0.197. The fourth-order valence-corrected chi connectivity index (χ4v) is 3.98. The van der Waals surface area contributed by atoms with Gasteiger partial charge in [0.15, 0.2) is 23.0 Å². The zero-order valence-corrected chi connectivity index (χ0v) is 14.7. The first-order chi connectivity index (χ1) is 12.6. The summed E-state index contributed by atoms with van der Waals surface area (Å²) in [7, 11) is 3.06. The minimum atomic E-state index is -0.0986. The summed E-state index contributed by atoms with van der Waals surface area (Å²) in [6.45, 7) is 1.18. The van der Waals surface area contributed by atoms with Gasteiger partial charge in [-0.3, -0.25) is 0 Å². The smallest absolute Gasteiger partial charge is 0.160 e. The molecule has 26 heavy (non-hydrogen) atoms. The first-order valence-corrected chi connectivity index (χ1v) is 8.59. The highest BCUT2D eigenvalue weighted by Gasteiger charge is 2.48. The van der Waals surface area contributed by atoms with Crippen LogP contribution in [0.1, 0.15) is 23.3 Å². The molecule has 0 aromatic heterocycles. The predicted octanol–water partition coefficient (Wildman–Crippen LogP) is 3.19. The molecule has 6 nitrogen and oxygen atoms in total. The molecule has 2 aromatic carbocycles. The van der Waals surface area contributed by atoms with E-state index in [1.54, 1.807) is 12.1 Å². The van der Waals surface area contributed by atoms with Crippen molar-refractivity contribution < 1.29 is 29.2 Å². The van der Waals surface area contributed by atoms with E-state index in [0.29, 0.717) is 24.7 Å². The van der Waals surface area contributed by atoms with Crippen LogP contribution in [0, 0.1) is 11.8 Å². The normalized spacial score (nSPS) is 27.3. The Morgan fingerprint density at radius 1 is 0.769 bits per heavy atom. The minimum Gasteiger partial charge on any atom is -0.504 e. The van der Waals surface area contributed by atoms with Gasteiger partial charge >= 0.3 is 0 Å². The fourth-order valence-electron chi connectivity index (χ4n) is 3.98. The molecule has 2 N–H and O–H groups in total. The van der Waals surface area contributed by atoms with Gasteiger partial charge in [0, 0.05) is 11.8 Å². The van der Waals surface area contributed by atoms with Crippen LogP contribution >= 0.6 is 0 Å². The lowest BCUT2D eigenvalue weighted by Crippen LogP contribution is -2.14. The molecule has 0 radical (unpaired) electrons. The summed E-state index contributed by atoms with van der Waals surface area (Å²) >= 11 is 0. The molecule has 2 heterocycles. The highest BCUT2D eigenvalue weighted by atomic mass is 16.5. The van der Waals surface area contributed by atoms with Crippen molar-refractivity contribution >= 4 is 0 Å². The van der Waals surface area contributed by atoms with E-state index in [0.717, 1.165) is 11.1 Å². The number of hydrogen-bond donors (Lipinski definition) is 2. The van der Waals surface area contributed by atoms with Gasteiger partial charge < -0.3 is 29.2 Å². The van der Waals surface area contributed by atoms with Crippen LogP contribution in [0.4, 0.5) is 0 Å². The van der Waals surface area contributed by atoms with Gasteiger partial charge in [-0.25, -0.2) is 0 Å². The molecule has 0 unspecified atom stereocenters. The Labute approximate surface area is 151 Å². The zero-order valence-electron chi connectivity index (χ0n) is 14.7. The van der Waals surface area contributed by atoms with E-state index < -0.39 is 0 Å². The summed E-state index contributed by atoms with van der Waals surface area (Å²) in [5.74, 6) is 1.54. The summed E-state index contributed by atoms with van der Waals surface area (Å²) < 4.78 is 22.6. The number of aromatic hydroxyl groups is 2. The first kappa shape index (κ1) is 17.0. The Kier molecular flexibility index (Phi) is 4.38. The largest absolute Gasteiger partial charge is 0.504 e. The van der Waals surface area contributed by atoms with Crippen LogP contribution in [0.2, 0.25) is 0 Å². The second kappa shape index (κ2) is 6.70. The maximum Gasteiger partial charge on any atom is 0.160 e. The SMILES string of the molecule is COc1cc([C@H]2OC[C@@H]3[C@H]2CO[C@H]3c2ccc(O)c(OC)c2)ccc1O. The van der Waals surface area contributed by atoms with E-state index in [2.05, 4.69) is 0 Å². The first-order valence-electron chi connectivity index (χ1n) is 8.59. The molecule has 138 valence electrons. The molecule has 2 aliphatic heterocycles. The minimum absolute atomic E-state index is 0.0986. The number of hydrogen-bond acceptors (Lipinski definition) is 6. The summed E-state index contributed by atoms with van der Waals surface area (Å²) in [6, 6.07) is 10.6.